The first-order chi connectivity index (χ1) is 9.11. The number of H-pyrrole nitrogens is 1. The van der Waals surface area contributed by atoms with Crippen molar-refractivity contribution in [3.8, 4) is 0 Å². The van der Waals surface area contributed by atoms with Crippen molar-refractivity contribution in [2.75, 3.05) is 0 Å². The average molecular weight is 280 g/mol. The van der Waals surface area contributed by atoms with Gasteiger partial charge in [0.25, 0.3) is 5.91 Å². The van der Waals surface area contributed by atoms with Crippen LogP contribution in [-0.2, 0) is 13.1 Å². The monoisotopic (exact) mass is 280 g/mol. The number of amides is 1. The molecular weight excluding hydrogens is 267 g/mol. The van der Waals surface area contributed by atoms with E-state index < -0.39 is 0 Å². The number of hydrogen-bond acceptors (Lipinski definition) is 3. The van der Waals surface area contributed by atoms with Gasteiger partial charge >= 0.3 is 0 Å². The molecule has 0 spiro atoms. The highest BCUT2D eigenvalue weighted by Gasteiger charge is 2.08. The summed E-state index contributed by atoms with van der Waals surface area (Å²) in [7, 11) is 0. The van der Waals surface area contributed by atoms with Crippen molar-refractivity contribution in [1.82, 2.24) is 20.1 Å². The Bertz CT molecular complexity index is 632. The van der Waals surface area contributed by atoms with Crippen LogP contribution in [0.3, 0.4) is 0 Å². The Morgan fingerprint density at radius 2 is 2.16 bits per heavy atom. The zero-order chi connectivity index (χ0) is 13.8. The second-order valence-electron chi connectivity index (χ2n) is 3.88. The van der Waals surface area contributed by atoms with Crippen molar-refractivity contribution in [2.24, 2.45) is 0 Å². The summed E-state index contributed by atoms with van der Waals surface area (Å²) in [5, 5.41) is 9.42. The first-order valence-corrected chi connectivity index (χ1v) is 6.20. The number of nitrogens with one attached hydrogen (secondary N) is 2. The van der Waals surface area contributed by atoms with Crippen LogP contribution in [0.25, 0.3) is 0 Å². The van der Waals surface area contributed by atoms with Gasteiger partial charge in [0.1, 0.15) is 5.82 Å². The Morgan fingerprint density at radius 1 is 1.47 bits per heavy atom. The van der Waals surface area contributed by atoms with Crippen molar-refractivity contribution < 1.29 is 9.18 Å². The molecule has 2 N–H and O–H groups in total. The van der Waals surface area contributed by atoms with Gasteiger partial charge in [-0.25, -0.2) is 4.39 Å². The molecule has 0 atom stereocenters. The van der Waals surface area contributed by atoms with Gasteiger partial charge in [0, 0.05) is 12.1 Å². The van der Waals surface area contributed by atoms with E-state index in [-0.39, 0.29) is 18.3 Å². The summed E-state index contributed by atoms with van der Waals surface area (Å²) >= 11 is 5.05. The van der Waals surface area contributed by atoms with E-state index in [0.717, 1.165) is 0 Å². The molecule has 0 aliphatic rings. The second kappa shape index (κ2) is 5.75. The van der Waals surface area contributed by atoms with Crippen molar-refractivity contribution in [3.63, 3.8) is 0 Å². The Kier molecular flexibility index (Phi) is 4.06. The van der Waals surface area contributed by atoms with Crippen LogP contribution < -0.4 is 5.32 Å². The molecule has 0 unspecified atom stereocenters. The van der Waals surface area contributed by atoms with Gasteiger partial charge in [-0.3, -0.25) is 9.89 Å². The lowest BCUT2D eigenvalue weighted by Gasteiger charge is -2.06. The Morgan fingerprint density at radius 3 is 2.79 bits per heavy atom. The highest BCUT2D eigenvalue weighted by atomic mass is 32.1. The fraction of sp³-hybridized carbons (Fsp3) is 0.250. The fourth-order valence-electron chi connectivity index (χ4n) is 1.67. The van der Waals surface area contributed by atoms with Gasteiger partial charge in [-0.05, 0) is 43.4 Å². The summed E-state index contributed by atoms with van der Waals surface area (Å²) in [4.78, 5) is 11.8. The third-order valence-electron chi connectivity index (χ3n) is 2.67. The molecule has 19 heavy (non-hydrogen) atoms. The SMILES string of the molecule is CCn1c(CNC(=O)c2ccc(F)cc2)n[nH]c1=S. The highest BCUT2D eigenvalue weighted by Crippen LogP contribution is 2.03. The number of nitrogens with zero attached hydrogens (tertiary/aromatic N) is 2. The standard InChI is InChI=1S/C12H13FN4OS/c1-2-17-10(15-16-12(17)19)7-14-11(18)8-3-5-9(13)6-4-8/h3-6H,2,7H2,1H3,(H,14,18)(H,16,19). The third-order valence-corrected chi connectivity index (χ3v) is 2.98. The molecule has 1 aromatic carbocycles. The molecule has 0 saturated carbocycles. The minimum Gasteiger partial charge on any atom is -0.345 e. The van der Waals surface area contributed by atoms with Crippen LogP contribution in [0.5, 0.6) is 0 Å². The molecule has 100 valence electrons. The number of aromatic amines is 1. The summed E-state index contributed by atoms with van der Waals surface area (Å²) in [6.45, 7) is 2.88. The maximum Gasteiger partial charge on any atom is 0.251 e. The van der Waals surface area contributed by atoms with Gasteiger partial charge in [-0.2, -0.15) is 5.10 Å². The van der Waals surface area contributed by atoms with E-state index in [9.17, 15) is 9.18 Å². The molecule has 0 aliphatic heterocycles. The summed E-state index contributed by atoms with van der Waals surface area (Å²) in [6, 6.07) is 5.36. The number of halogens is 1. The van der Waals surface area contributed by atoms with Gasteiger partial charge in [0.05, 0.1) is 6.54 Å². The van der Waals surface area contributed by atoms with Crippen LogP contribution in [-0.4, -0.2) is 20.7 Å². The number of carbonyl (C=O) groups is 1. The van der Waals surface area contributed by atoms with Crippen LogP contribution in [0.4, 0.5) is 4.39 Å². The number of rotatable bonds is 4. The number of hydrogen-bond donors (Lipinski definition) is 2. The van der Waals surface area contributed by atoms with Crippen LogP contribution in [0.15, 0.2) is 24.3 Å². The normalized spacial score (nSPS) is 10.4. The molecule has 2 aromatic rings. The lowest BCUT2D eigenvalue weighted by Crippen LogP contribution is -2.24. The molecule has 1 aromatic heterocycles. The molecule has 0 bridgehead atoms. The van der Waals surface area contributed by atoms with E-state index in [1.54, 1.807) is 4.57 Å². The minimum absolute atomic E-state index is 0.261. The predicted octanol–water partition coefficient (Wildman–Crippen LogP) is 2.03. The molecule has 2 rings (SSSR count). The molecule has 0 aliphatic carbocycles. The smallest absolute Gasteiger partial charge is 0.251 e. The van der Waals surface area contributed by atoms with E-state index in [0.29, 0.717) is 22.7 Å². The first-order valence-electron chi connectivity index (χ1n) is 5.79. The molecule has 0 saturated heterocycles. The van der Waals surface area contributed by atoms with Gasteiger partial charge in [0.2, 0.25) is 0 Å². The van der Waals surface area contributed by atoms with E-state index in [1.165, 1.54) is 24.3 Å². The quantitative estimate of drug-likeness (QED) is 0.842. The minimum atomic E-state index is -0.372. The van der Waals surface area contributed by atoms with Gasteiger partial charge in [0.15, 0.2) is 10.6 Å². The molecule has 5 nitrogen and oxygen atoms in total. The second-order valence-corrected chi connectivity index (χ2v) is 4.27. The molecular formula is C12H13FN4OS. The maximum absolute atomic E-state index is 12.7. The summed E-state index contributed by atoms with van der Waals surface area (Å²) in [6.07, 6.45) is 0. The van der Waals surface area contributed by atoms with Crippen LogP contribution in [0, 0.1) is 10.6 Å². The Labute approximate surface area is 114 Å². The predicted molar refractivity (Wildman–Crippen MR) is 70.7 cm³/mol. The van der Waals surface area contributed by atoms with Crippen molar-refractivity contribution in [2.45, 2.75) is 20.0 Å². The number of benzene rings is 1. The topological polar surface area (TPSA) is 62.7 Å². The molecule has 0 radical (unpaired) electrons. The number of aromatic nitrogens is 3. The lowest BCUT2D eigenvalue weighted by atomic mass is 10.2. The summed E-state index contributed by atoms with van der Waals surface area (Å²) < 4.78 is 15.1. The van der Waals surface area contributed by atoms with Crippen molar-refractivity contribution in [3.05, 3.63) is 46.2 Å². The van der Waals surface area contributed by atoms with E-state index in [4.69, 9.17) is 12.2 Å². The zero-order valence-electron chi connectivity index (χ0n) is 10.3. The fourth-order valence-corrected chi connectivity index (χ4v) is 1.95. The molecule has 1 amide bonds. The largest absolute Gasteiger partial charge is 0.345 e. The lowest BCUT2D eigenvalue weighted by molar-refractivity contribution is 0.0949. The van der Waals surface area contributed by atoms with Gasteiger partial charge in [-0.1, -0.05) is 0 Å². The Hall–Kier alpha value is -2.02. The van der Waals surface area contributed by atoms with Crippen LogP contribution in [0.2, 0.25) is 0 Å². The summed E-state index contributed by atoms with van der Waals surface area (Å²) in [5.41, 5.74) is 0.401. The van der Waals surface area contributed by atoms with Gasteiger partial charge < -0.3 is 9.88 Å². The number of carbonyl (C=O) groups excluding carboxylic acids is 1. The van der Waals surface area contributed by atoms with E-state index in [2.05, 4.69) is 15.5 Å². The summed E-state index contributed by atoms with van der Waals surface area (Å²) in [5.74, 6) is 0.00274. The molecule has 7 heteroatoms. The van der Waals surface area contributed by atoms with Crippen LogP contribution in [0.1, 0.15) is 23.1 Å². The Balaban J connectivity index is 2.04. The highest BCUT2D eigenvalue weighted by molar-refractivity contribution is 7.71. The average Bonchev–Trinajstić information content (AvgIpc) is 2.77. The van der Waals surface area contributed by atoms with Crippen molar-refractivity contribution >= 4 is 18.1 Å². The first kappa shape index (κ1) is 13.4. The maximum atomic E-state index is 12.7. The van der Waals surface area contributed by atoms with Crippen LogP contribution >= 0.6 is 12.2 Å². The van der Waals surface area contributed by atoms with E-state index >= 15 is 0 Å². The zero-order valence-corrected chi connectivity index (χ0v) is 11.1. The van der Waals surface area contributed by atoms with Crippen molar-refractivity contribution in [1.29, 1.82) is 0 Å². The molecule has 0 fully saturated rings. The molecule has 1 heterocycles. The van der Waals surface area contributed by atoms with E-state index in [1.807, 2.05) is 6.92 Å². The van der Waals surface area contributed by atoms with Gasteiger partial charge in [-0.15, -0.1) is 0 Å². The third kappa shape index (κ3) is 3.05.